The number of nitrogens with zero attached hydrogens (tertiary/aromatic N) is 4. The number of carbonyl (C=O) groups excluding carboxylic acids is 1. The zero-order chi connectivity index (χ0) is 15.2. The third kappa shape index (κ3) is 2.67. The summed E-state index contributed by atoms with van der Waals surface area (Å²) in [6, 6.07) is 0.269. The number of anilines is 2. The molecule has 0 radical (unpaired) electrons. The van der Waals surface area contributed by atoms with Crippen molar-refractivity contribution in [3.63, 3.8) is 0 Å². The van der Waals surface area contributed by atoms with Crippen molar-refractivity contribution < 1.29 is 4.79 Å². The van der Waals surface area contributed by atoms with Gasteiger partial charge in [-0.3, -0.25) is 4.79 Å². The standard InChI is InChI=1S/C13H15Cl3N4O/c1-19-9-6-17-12(14)18-10(9)20(8-4-2-3-5-8)7-13(15,16)11(19)21/h6,8H,2-5,7H2,1H3. The van der Waals surface area contributed by atoms with Crippen molar-refractivity contribution in [3.8, 4) is 0 Å². The van der Waals surface area contributed by atoms with Crippen molar-refractivity contribution in [2.75, 3.05) is 23.4 Å². The number of hydrogen-bond donors (Lipinski definition) is 0. The van der Waals surface area contributed by atoms with E-state index < -0.39 is 4.33 Å². The number of halogens is 3. The van der Waals surface area contributed by atoms with Crippen LogP contribution in [0.2, 0.25) is 5.28 Å². The van der Waals surface area contributed by atoms with Crippen LogP contribution in [0.15, 0.2) is 6.20 Å². The minimum atomic E-state index is -1.51. The van der Waals surface area contributed by atoms with Crippen molar-refractivity contribution in [2.24, 2.45) is 0 Å². The molecule has 1 aliphatic heterocycles. The van der Waals surface area contributed by atoms with Gasteiger partial charge in [0.1, 0.15) is 5.69 Å². The highest BCUT2D eigenvalue weighted by atomic mass is 35.5. The maximum Gasteiger partial charge on any atom is 0.265 e. The average molecular weight is 350 g/mol. The lowest BCUT2D eigenvalue weighted by Gasteiger charge is -2.31. The minimum Gasteiger partial charge on any atom is -0.348 e. The first-order chi connectivity index (χ1) is 9.90. The Bertz CT molecular complexity index is 575. The fourth-order valence-corrected chi connectivity index (χ4v) is 3.66. The lowest BCUT2D eigenvalue weighted by Crippen LogP contribution is -2.46. The quantitative estimate of drug-likeness (QED) is 0.577. The molecule has 2 aliphatic rings. The third-order valence-electron chi connectivity index (χ3n) is 4.11. The van der Waals surface area contributed by atoms with E-state index >= 15 is 0 Å². The highest BCUT2D eigenvalue weighted by molar-refractivity contribution is 6.59. The molecule has 1 aromatic heterocycles. The van der Waals surface area contributed by atoms with Gasteiger partial charge in [-0.05, 0) is 24.4 Å². The van der Waals surface area contributed by atoms with E-state index in [2.05, 4.69) is 9.97 Å². The Morgan fingerprint density at radius 2 is 2.00 bits per heavy atom. The maximum atomic E-state index is 12.4. The Balaban J connectivity index is 2.12. The molecule has 0 aromatic carbocycles. The first kappa shape index (κ1) is 15.1. The van der Waals surface area contributed by atoms with Gasteiger partial charge in [0.2, 0.25) is 9.62 Å². The average Bonchev–Trinajstić information content (AvgIpc) is 2.94. The van der Waals surface area contributed by atoms with Crippen LogP contribution in [0.25, 0.3) is 0 Å². The molecule has 114 valence electrons. The lowest BCUT2D eigenvalue weighted by molar-refractivity contribution is -0.118. The molecule has 1 amide bonds. The van der Waals surface area contributed by atoms with Crippen LogP contribution in [0.5, 0.6) is 0 Å². The molecule has 0 spiro atoms. The fraction of sp³-hybridized carbons (Fsp3) is 0.615. The number of aromatic nitrogens is 2. The molecule has 0 bridgehead atoms. The van der Waals surface area contributed by atoms with Crippen LogP contribution in [0, 0.1) is 0 Å². The molecule has 0 saturated heterocycles. The van der Waals surface area contributed by atoms with Crippen molar-refractivity contribution in [1.29, 1.82) is 0 Å². The van der Waals surface area contributed by atoms with E-state index in [-0.39, 0.29) is 23.8 Å². The topological polar surface area (TPSA) is 49.3 Å². The van der Waals surface area contributed by atoms with Crippen LogP contribution in [0.1, 0.15) is 25.7 Å². The molecule has 8 heteroatoms. The fourth-order valence-electron chi connectivity index (χ4n) is 3.02. The summed E-state index contributed by atoms with van der Waals surface area (Å²) in [6.07, 6.45) is 5.90. The monoisotopic (exact) mass is 348 g/mol. The van der Waals surface area contributed by atoms with Crippen LogP contribution in [-0.2, 0) is 4.79 Å². The zero-order valence-electron chi connectivity index (χ0n) is 11.5. The van der Waals surface area contributed by atoms with Crippen molar-refractivity contribution >= 4 is 52.2 Å². The molecule has 0 unspecified atom stereocenters. The van der Waals surface area contributed by atoms with Gasteiger partial charge < -0.3 is 9.80 Å². The van der Waals surface area contributed by atoms with E-state index in [0.717, 1.165) is 25.7 Å². The van der Waals surface area contributed by atoms with Gasteiger partial charge >= 0.3 is 0 Å². The van der Waals surface area contributed by atoms with E-state index in [0.29, 0.717) is 11.5 Å². The lowest BCUT2D eigenvalue weighted by atomic mass is 10.2. The largest absolute Gasteiger partial charge is 0.348 e. The van der Waals surface area contributed by atoms with Gasteiger partial charge in [0, 0.05) is 13.1 Å². The number of rotatable bonds is 1. The Morgan fingerprint density at radius 1 is 1.33 bits per heavy atom. The van der Waals surface area contributed by atoms with Gasteiger partial charge in [0.05, 0.1) is 12.7 Å². The number of amides is 1. The molecule has 5 nitrogen and oxygen atoms in total. The molecule has 1 aromatic rings. The second kappa shape index (κ2) is 5.45. The van der Waals surface area contributed by atoms with Crippen molar-refractivity contribution in [3.05, 3.63) is 11.5 Å². The Hall–Kier alpha value is -0.780. The Kier molecular flexibility index (Phi) is 3.93. The molecular weight excluding hydrogens is 335 g/mol. The molecule has 3 rings (SSSR count). The molecule has 0 atom stereocenters. The molecular formula is C13H15Cl3N4O. The van der Waals surface area contributed by atoms with Gasteiger partial charge in [-0.25, -0.2) is 4.98 Å². The summed E-state index contributed by atoms with van der Waals surface area (Å²) in [5, 5.41) is 0.147. The Labute approximate surface area is 138 Å². The summed E-state index contributed by atoms with van der Waals surface area (Å²) in [5.74, 6) is 0.249. The van der Waals surface area contributed by atoms with E-state index in [9.17, 15) is 4.79 Å². The van der Waals surface area contributed by atoms with Crippen LogP contribution in [-0.4, -0.2) is 39.8 Å². The minimum absolute atomic E-state index is 0.147. The maximum absolute atomic E-state index is 12.4. The van der Waals surface area contributed by atoms with Crippen LogP contribution >= 0.6 is 34.8 Å². The number of fused-ring (bicyclic) bond motifs is 1. The number of alkyl halides is 2. The van der Waals surface area contributed by atoms with Crippen molar-refractivity contribution in [1.82, 2.24) is 9.97 Å². The second-order valence-electron chi connectivity index (χ2n) is 5.48. The van der Waals surface area contributed by atoms with E-state index in [1.54, 1.807) is 13.2 Å². The van der Waals surface area contributed by atoms with E-state index in [1.165, 1.54) is 4.90 Å². The van der Waals surface area contributed by atoms with Crippen LogP contribution in [0.3, 0.4) is 0 Å². The summed E-state index contributed by atoms with van der Waals surface area (Å²) in [7, 11) is 1.62. The Morgan fingerprint density at radius 3 is 2.67 bits per heavy atom. The SMILES string of the molecule is CN1C(=O)C(Cl)(Cl)CN(C2CCCC2)c2nc(Cl)ncc21. The van der Waals surface area contributed by atoms with Gasteiger partial charge in [-0.1, -0.05) is 36.0 Å². The van der Waals surface area contributed by atoms with Crippen LogP contribution in [0.4, 0.5) is 11.5 Å². The van der Waals surface area contributed by atoms with Gasteiger partial charge in [-0.2, -0.15) is 4.98 Å². The van der Waals surface area contributed by atoms with Crippen LogP contribution < -0.4 is 9.80 Å². The predicted molar refractivity (Wildman–Crippen MR) is 84.5 cm³/mol. The highest BCUT2D eigenvalue weighted by Gasteiger charge is 2.45. The summed E-state index contributed by atoms with van der Waals surface area (Å²) in [5.41, 5.74) is 0.583. The zero-order valence-corrected chi connectivity index (χ0v) is 13.8. The molecule has 0 N–H and O–H groups in total. The number of carbonyl (C=O) groups is 1. The number of hydrogen-bond acceptors (Lipinski definition) is 4. The molecule has 2 heterocycles. The predicted octanol–water partition coefficient (Wildman–Crippen LogP) is 3.03. The van der Waals surface area contributed by atoms with E-state index in [4.69, 9.17) is 34.8 Å². The molecule has 21 heavy (non-hydrogen) atoms. The summed E-state index contributed by atoms with van der Waals surface area (Å²) in [6.45, 7) is 0.199. The smallest absolute Gasteiger partial charge is 0.265 e. The molecule has 1 aliphatic carbocycles. The van der Waals surface area contributed by atoms with Gasteiger partial charge in [-0.15, -0.1) is 0 Å². The first-order valence-corrected chi connectivity index (χ1v) is 7.99. The van der Waals surface area contributed by atoms with Gasteiger partial charge in [0.25, 0.3) is 5.91 Å². The summed E-state index contributed by atoms with van der Waals surface area (Å²) >= 11 is 18.5. The second-order valence-corrected chi connectivity index (χ2v) is 7.30. The van der Waals surface area contributed by atoms with Crippen molar-refractivity contribution in [2.45, 2.75) is 36.1 Å². The molecule has 1 saturated carbocycles. The summed E-state index contributed by atoms with van der Waals surface area (Å²) in [4.78, 5) is 24.1. The summed E-state index contributed by atoms with van der Waals surface area (Å²) < 4.78 is -1.51. The highest BCUT2D eigenvalue weighted by Crippen LogP contribution is 2.40. The van der Waals surface area contributed by atoms with Gasteiger partial charge in [0.15, 0.2) is 5.82 Å². The third-order valence-corrected chi connectivity index (χ3v) is 4.85. The molecule has 1 fully saturated rings. The van der Waals surface area contributed by atoms with E-state index in [1.807, 2.05) is 4.90 Å². The first-order valence-electron chi connectivity index (χ1n) is 6.85. The normalized spacial score (nSPS) is 22.4.